The van der Waals surface area contributed by atoms with Crippen molar-refractivity contribution >= 4 is 17.0 Å². The normalized spacial score (nSPS) is 19.1. The van der Waals surface area contributed by atoms with Crippen LogP contribution in [-0.4, -0.2) is 34.7 Å². The van der Waals surface area contributed by atoms with Gasteiger partial charge in [-0.3, -0.25) is 0 Å². The molecular formula is C16H24N4. The van der Waals surface area contributed by atoms with E-state index in [0.717, 1.165) is 24.6 Å². The average Bonchev–Trinajstić information content (AvgIpc) is 3.05. The first-order chi connectivity index (χ1) is 9.66. The maximum absolute atomic E-state index is 4.84. The van der Waals surface area contributed by atoms with Gasteiger partial charge in [-0.1, -0.05) is 12.1 Å². The van der Waals surface area contributed by atoms with E-state index in [2.05, 4.69) is 59.9 Å². The van der Waals surface area contributed by atoms with E-state index in [-0.39, 0.29) is 0 Å². The summed E-state index contributed by atoms with van der Waals surface area (Å²) in [5.74, 6) is 1.08. The molecule has 0 spiro atoms. The van der Waals surface area contributed by atoms with Crippen LogP contribution in [-0.2, 0) is 7.05 Å². The predicted molar refractivity (Wildman–Crippen MR) is 84.2 cm³/mol. The average molecular weight is 272 g/mol. The maximum atomic E-state index is 4.84. The molecule has 4 heteroatoms. The van der Waals surface area contributed by atoms with Gasteiger partial charge < -0.3 is 14.8 Å². The van der Waals surface area contributed by atoms with Gasteiger partial charge in [-0.25, -0.2) is 4.98 Å². The molecule has 0 radical (unpaired) electrons. The number of imidazole rings is 1. The molecule has 3 rings (SSSR count). The Morgan fingerprint density at radius 3 is 2.85 bits per heavy atom. The van der Waals surface area contributed by atoms with Crippen LogP contribution in [0.4, 0.5) is 5.95 Å². The number of rotatable bonds is 4. The molecule has 2 heterocycles. The molecule has 1 unspecified atom stereocenters. The number of aryl methyl sites for hydroxylation is 1. The lowest BCUT2D eigenvalue weighted by Crippen LogP contribution is -2.42. The fourth-order valence-electron chi connectivity index (χ4n) is 3.06. The van der Waals surface area contributed by atoms with Crippen molar-refractivity contribution in [2.24, 2.45) is 7.05 Å². The van der Waals surface area contributed by atoms with Gasteiger partial charge in [0.05, 0.1) is 11.0 Å². The molecule has 1 aliphatic heterocycles. The van der Waals surface area contributed by atoms with Gasteiger partial charge in [0.1, 0.15) is 0 Å². The first-order valence-electron chi connectivity index (χ1n) is 7.58. The van der Waals surface area contributed by atoms with Gasteiger partial charge in [0.25, 0.3) is 0 Å². The number of hydrogen-bond acceptors (Lipinski definition) is 3. The number of hydrogen-bond donors (Lipinski definition) is 1. The van der Waals surface area contributed by atoms with Crippen molar-refractivity contribution in [3.63, 3.8) is 0 Å². The van der Waals surface area contributed by atoms with E-state index in [0.29, 0.717) is 12.1 Å². The molecule has 2 aromatic rings. The number of benzene rings is 1. The van der Waals surface area contributed by atoms with E-state index in [4.69, 9.17) is 4.98 Å². The van der Waals surface area contributed by atoms with Gasteiger partial charge in [0.2, 0.25) is 5.95 Å². The number of para-hydroxylation sites is 2. The zero-order valence-electron chi connectivity index (χ0n) is 12.6. The molecule has 1 saturated heterocycles. The summed E-state index contributed by atoms with van der Waals surface area (Å²) >= 11 is 0. The quantitative estimate of drug-likeness (QED) is 0.928. The molecule has 108 valence electrons. The van der Waals surface area contributed by atoms with Crippen LogP contribution in [0.25, 0.3) is 11.0 Å². The van der Waals surface area contributed by atoms with Crippen LogP contribution in [0.2, 0.25) is 0 Å². The molecule has 1 N–H and O–H groups in total. The minimum absolute atomic E-state index is 0.452. The summed E-state index contributed by atoms with van der Waals surface area (Å²) in [5.41, 5.74) is 2.28. The summed E-state index contributed by atoms with van der Waals surface area (Å²) in [4.78, 5) is 7.26. The Labute approximate surface area is 120 Å². The van der Waals surface area contributed by atoms with Crippen LogP contribution in [0.3, 0.4) is 0 Å². The second-order valence-corrected chi connectivity index (χ2v) is 6.00. The van der Waals surface area contributed by atoms with Crippen molar-refractivity contribution < 1.29 is 0 Å². The van der Waals surface area contributed by atoms with Gasteiger partial charge in [0.15, 0.2) is 0 Å². The van der Waals surface area contributed by atoms with Crippen molar-refractivity contribution in [3.8, 4) is 0 Å². The SMILES string of the molecule is CC(C)N(CC1CCCN1)c1nc2ccccc2n1C. The third-order valence-electron chi connectivity index (χ3n) is 4.22. The Balaban J connectivity index is 1.94. The van der Waals surface area contributed by atoms with Crippen LogP contribution < -0.4 is 10.2 Å². The Morgan fingerprint density at radius 2 is 2.20 bits per heavy atom. The maximum Gasteiger partial charge on any atom is 0.206 e. The molecule has 4 nitrogen and oxygen atoms in total. The van der Waals surface area contributed by atoms with Crippen LogP contribution in [0.5, 0.6) is 0 Å². The Morgan fingerprint density at radius 1 is 1.40 bits per heavy atom. The molecule has 0 amide bonds. The molecule has 0 bridgehead atoms. The number of fused-ring (bicyclic) bond motifs is 1. The third-order valence-corrected chi connectivity index (χ3v) is 4.22. The molecule has 1 aromatic carbocycles. The molecule has 1 fully saturated rings. The van der Waals surface area contributed by atoms with Crippen LogP contribution in [0.15, 0.2) is 24.3 Å². The van der Waals surface area contributed by atoms with Crippen LogP contribution in [0.1, 0.15) is 26.7 Å². The second-order valence-electron chi connectivity index (χ2n) is 6.00. The lowest BCUT2D eigenvalue weighted by atomic mass is 10.2. The highest BCUT2D eigenvalue weighted by Crippen LogP contribution is 2.23. The topological polar surface area (TPSA) is 33.1 Å². The predicted octanol–water partition coefficient (Wildman–Crippen LogP) is 2.54. The number of aromatic nitrogens is 2. The first-order valence-corrected chi connectivity index (χ1v) is 7.58. The smallest absolute Gasteiger partial charge is 0.206 e. The van der Waals surface area contributed by atoms with Crippen molar-refractivity contribution in [2.75, 3.05) is 18.0 Å². The minimum Gasteiger partial charge on any atom is -0.338 e. The monoisotopic (exact) mass is 272 g/mol. The Hall–Kier alpha value is -1.55. The van der Waals surface area contributed by atoms with E-state index in [9.17, 15) is 0 Å². The largest absolute Gasteiger partial charge is 0.338 e. The summed E-state index contributed by atoms with van der Waals surface area (Å²) in [6, 6.07) is 9.40. The van der Waals surface area contributed by atoms with E-state index >= 15 is 0 Å². The highest BCUT2D eigenvalue weighted by Gasteiger charge is 2.23. The Kier molecular flexibility index (Phi) is 3.66. The summed E-state index contributed by atoms with van der Waals surface area (Å²) in [6.45, 7) is 6.68. The fourth-order valence-corrected chi connectivity index (χ4v) is 3.06. The summed E-state index contributed by atoms with van der Waals surface area (Å²) in [6.07, 6.45) is 2.56. The van der Waals surface area contributed by atoms with Crippen LogP contribution in [0, 0.1) is 0 Å². The van der Waals surface area contributed by atoms with E-state index in [1.54, 1.807) is 0 Å². The number of nitrogens with one attached hydrogen (secondary N) is 1. The van der Waals surface area contributed by atoms with Crippen molar-refractivity contribution in [2.45, 2.75) is 38.8 Å². The Bertz CT molecular complexity index is 581. The van der Waals surface area contributed by atoms with Gasteiger partial charge in [-0.15, -0.1) is 0 Å². The summed E-state index contributed by atoms with van der Waals surface area (Å²) < 4.78 is 2.21. The molecule has 0 aliphatic carbocycles. The van der Waals surface area contributed by atoms with Crippen LogP contribution >= 0.6 is 0 Å². The first kappa shape index (κ1) is 13.4. The number of anilines is 1. The van der Waals surface area contributed by atoms with Crippen molar-refractivity contribution in [1.29, 1.82) is 0 Å². The third kappa shape index (κ3) is 2.40. The zero-order chi connectivity index (χ0) is 14.1. The highest BCUT2D eigenvalue weighted by molar-refractivity contribution is 5.78. The lowest BCUT2D eigenvalue weighted by Gasteiger charge is -2.30. The molecule has 20 heavy (non-hydrogen) atoms. The second kappa shape index (κ2) is 5.44. The van der Waals surface area contributed by atoms with Crippen molar-refractivity contribution in [3.05, 3.63) is 24.3 Å². The van der Waals surface area contributed by atoms with Gasteiger partial charge in [-0.05, 0) is 45.4 Å². The molecule has 1 atom stereocenters. The summed E-state index contributed by atoms with van der Waals surface area (Å²) in [5, 5.41) is 3.59. The minimum atomic E-state index is 0.452. The zero-order valence-corrected chi connectivity index (χ0v) is 12.6. The molecular weight excluding hydrogens is 248 g/mol. The summed E-state index contributed by atoms with van der Waals surface area (Å²) in [7, 11) is 2.11. The van der Waals surface area contributed by atoms with E-state index in [1.165, 1.54) is 18.4 Å². The van der Waals surface area contributed by atoms with Gasteiger partial charge in [-0.2, -0.15) is 0 Å². The molecule has 0 saturated carbocycles. The standard InChI is InChI=1S/C16H24N4/c1-12(2)20(11-13-7-6-10-17-13)16-18-14-8-4-5-9-15(14)19(16)3/h4-5,8-9,12-13,17H,6-7,10-11H2,1-3H3. The van der Waals surface area contributed by atoms with Gasteiger partial charge in [0, 0.05) is 25.7 Å². The van der Waals surface area contributed by atoms with Crippen molar-refractivity contribution in [1.82, 2.24) is 14.9 Å². The molecule has 1 aromatic heterocycles. The van der Waals surface area contributed by atoms with Gasteiger partial charge >= 0.3 is 0 Å². The fraction of sp³-hybridized carbons (Fsp3) is 0.562. The molecule has 1 aliphatic rings. The van der Waals surface area contributed by atoms with E-state index in [1.807, 2.05) is 0 Å². The number of nitrogens with zero attached hydrogens (tertiary/aromatic N) is 3. The lowest BCUT2D eigenvalue weighted by molar-refractivity contribution is 0.540. The van der Waals surface area contributed by atoms with E-state index < -0.39 is 0 Å². The highest BCUT2D eigenvalue weighted by atomic mass is 15.3.